The van der Waals surface area contributed by atoms with Crippen LogP contribution in [0.25, 0.3) is 0 Å². The van der Waals surface area contributed by atoms with Gasteiger partial charge in [0.05, 0.1) is 7.11 Å². The molecule has 0 aliphatic heterocycles. The van der Waals surface area contributed by atoms with Crippen LogP contribution in [-0.2, 0) is 16.0 Å². The van der Waals surface area contributed by atoms with Crippen molar-refractivity contribution in [3.8, 4) is 0 Å². The minimum Gasteiger partial charge on any atom is -0.468 e. The van der Waals surface area contributed by atoms with Gasteiger partial charge in [-0.05, 0) is 24.0 Å². The molecule has 1 rings (SSSR count). The number of rotatable bonds is 6. The molecule has 0 spiro atoms. The van der Waals surface area contributed by atoms with Crippen LogP contribution in [0, 0.1) is 0 Å². The number of esters is 1. The van der Waals surface area contributed by atoms with Crippen LogP contribution in [0.2, 0.25) is 0 Å². The number of benzene rings is 1. The van der Waals surface area contributed by atoms with Gasteiger partial charge in [-0.2, -0.15) is 11.8 Å². The van der Waals surface area contributed by atoms with Gasteiger partial charge >= 0.3 is 5.97 Å². The van der Waals surface area contributed by atoms with Gasteiger partial charge in [-0.1, -0.05) is 30.3 Å². The number of carbonyl (C=O) groups is 1. The van der Waals surface area contributed by atoms with Crippen molar-refractivity contribution in [2.24, 2.45) is 5.73 Å². The van der Waals surface area contributed by atoms with E-state index in [0.717, 1.165) is 11.3 Å². The maximum atomic E-state index is 11.8. The van der Waals surface area contributed by atoms with Gasteiger partial charge in [-0.25, -0.2) is 0 Å². The fourth-order valence-corrected chi connectivity index (χ4v) is 2.28. The van der Waals surface area contributed by atoms with Crippen LogP contribution in [0.15, 0.2) is 30.3 Å². The van der Waals surface area contributed by atoms with E-state index in [1.54, 1.807) is 11.8 Å². The van der Waals surface area contributed by atoms with Gasteiger partial charge in [0.15, 0.2) is 0 Å². The van der Waals surface area contributed by atoms with Gasteiger partial charge in [0.2, 0.25) is 0 Å². The maximum Gasteiger partial charge on any atom is 0.326 e. The van der Waals surface area contributed by atoms with Crippen molar-refractivity contribution < 1.29 is 9.53 Å². The summed E-state index contributed by atoms with van der Waals surface area (Å²) in [6, 6.07) is 9.79. The van der Waals surface area contributed by atoms with Gasteiger partial charge in [-0.3, -0.25) is 4.79 Å². The SMILES string of the molecule is COC(=O)C(N)(CCSC)Cc1ccccc1. The molecule has 1 aromatic carbocycles. The molecular weight excluding hydrogens is 234 g/mol. The molecule has 1 unspecified atom stereocenters. The van der Waals surface area contributed by atoms with E-state index in [1.807, 2.05) is 36.6 Å². The lowest BCUT2D eigenvalue weighted by molar-refractivity contribution is -0.147. The van der Waals surface area contributed by atoms with Gasteiger partial charge in [0.25, 0.3) is 0 Å². The molecule has 0 radical (unpaired) electrons. The molecule has 4 heteroatoms. The van der Waals surface area contributed by atoms with E-state index >= 15 is 0 Å². The summed E-state index contributed by atoms with van der Waals surface area (Å²) >= 11 is 1.68. The highest BCUT2D eigenvalue weighted by Gasteiger charge is 2.34. The first-order valence-electron chi connectivity index (χ1n) is 5.52. The van der Waals surface area contributed by atoms with E-state index in [-0.39, 0.29) is 5.97 Å². The summed E-state index contributed by atoms with van der Waals surface area (Å²) in [6.07, 6.45) is 3.14. The topological polar surface area (TPSA) is 52.3 Å². The average molecular weight is 253 g/mol. The third kappa shape index (κ3) is 4.06. The Balaban J connectivity index is 2.80. The zero-order valence-electron chi connectivity index (χ0n) is 10.3. The minimum absolute atomic E-state index is 0.338. The Morgan fingerprint density at radius 3 is 2.59 bits per heavy atom. The van der Waals surface area contributed by atoms with E-state index < -0.39 is 5.54 Å². The number of methoxy groups -OCH3 is 1. The second-order valence-corrected chi connectivity index (χ2v) is 5.04. The Labute approximate surface area is 107 Å². The van der Waals surface area contributed by atoms with Crippen LogP contribution in [0.4, 0.5) is 0 Å². The Hall–Kier alpha value is -1.00. The highest BCUT2D eigenvalue weighted by molar-refractivity contribution is 7.98. The highest BCUT2D eigenvalue weighted by atomic mass is 32.2. The van der Waals surface area contributed by atoms with Crippen LogP contribution in [0.5, 0.6) is 0 Å². The monoisotopic (exact) mass is 253 g/mol. The molecule has 1 aromatic rings. The number of nitrogens with two attached hydrogens (primary N) is 1. The molecular formula is C13H19NO2S. The summed E-state index contributed by atoms with van der Waals surface area (Å²) in [4.78, 5) is 11.8. The van der Waals surface area contributed by atoms with Gasteiger partial charge in [0.1, 0.15) is 5.54 Å². The predicted octanol–water partition coefficient (Wildman–Crippen LogP) is 1.85. The molecule has 0 bridgehead atoms. The summed E-state index contributed by atoms with van der Waals surface area (Å²) < 4.78 is 4.81. The number of carbonyl (C=O) groups excluding carboxylic acids is 1. The molecule has 94 valence electrons. The highest BCUT2D eigenvalue weighted by Crippen LogP contribution is 2.18. The third-order valence-corrected chi connectivity index (χ3v) is 3.32. The normalized spacial score (nSPS) is 14.1. The summed E-state index contributed by atoms with van der Waals surface area (Å²) in [5.74, 6) is 0.508. The van der Waals surface area contributed by atoms with Gasteiger partial charge < -0.3 is 10.5 Å². The summed E-state index contributed by atoms with van der Waals surface area (Å²) in [7, 11) is 1.38. The molecule has 17 heavy (non-hydrogen) atoms. The molecule has 3 nitrogen and oxygen atoms in total. The molecule has 0 aromatic heterocycles. The van der Waals surface area contributed by atoms with Gasteiger partial charge in [0, 0.05) is 6.42 Å². The minimum atomic E-state index is -0.918. The van der Waals surface area contributed by atoms with Crippen LogP contribution in [0.3, 0.4) is 0 Å². The predicted molar refractivity (Wildman–Crippen MR) is 72.1 cm³/mol. The Kier molecular flexibility index (Phi) is 5.51. The third-order valence-electron chi connectivity index (χ3n) is 2.71. The fraction of sp³-hybridized carbons (Fsp3) is 0.462. The van der Waals surface area contributed by atoms with Crippen molar-refractivity contribution in [2.75, 3.05) is 19.1 Å². The second-order valence-electron chi connectivity index (χ2n) is 4.05. The largest absolute Gasteiger partial charge is 0.468 e. The maximum absolute atomic E-state index is 11.8. The van der Waals surface area contributed by atoms with E-state index in [9.17, 15) is 4.79 Å². The van der Waals surface area contributed by atoms with Crippen LogP contribution >= 0.6 is 11.8 Å². The molecule has 2 N–H and O–H groups in total. The molecule has 0 saturated carbocycles. The standard InChI is InChI=1S/C13H19NO2S/c1-16-12(15)13(14,8-9-17-2)10-11-6-4-3-5-7-11/h3-7H,8-10,14H2,1-2H3. The van der Waals surface area contributed by atoms with E-state index in [1.165, 1.54) is 7.11 Å². The summed E-state index contributed by atoms with van der Waals surface area (Å²) in [5.41, 5.74) is 6.32. The zero-order chi connectivity index (χ0) is 12.7. The van der Waals surface area contributed by atoms with E-state index in [0.29, 0.717) is 12.8 Å². The lowest BCUT2D eigenvalue weighted by Gasteiger charge is -2.26. The van der Waals surface area contributed by atoms with Crippen LogP contribution < -0.4 is 5.73 Å². The molecule has 0 aliphatic rings. The number of ether oxygens (including phenoxy) is 1. The quantitative estimate of drug-likeness (QED) is 0.786. The van der Waals surface area contributed by atoms with Crippen molar-refractivity contribution in [1.29, 1.82) is 0 Å². The first-order chi connectivity index (χ1) is 8.12. The Morgan fingerprint density at radius 2 is 2.06 bits per heavy atom. The average Bonchev–Trinajstić information content (AvgIpc) is 2.36. The Morgan fingerprint density at radius 1 is 1.41 bits per heavy atom. The first kappa shape index (κ1) is 14.1. The van der Waals surface area contributed by atoms with Gasteiger partial charge in [-0.15, -0.1) is 0 Å². The van der Waals surface area contributed by atoms with Crippen molar-refractivity contribution >= 4 is 17.7 Å². The lowest BCUT2D eigenvalue weighted by Crippen LogP contribution is -2.51. The van der Waals surface area contributed by atoms with Crippen molar-refractivity contribution in [2.45, 2.75) is 18.4 Å². The first-order valence-corrected chi connectivity index (χ1v) is 6.92. The molecule has 0 saturated heterocycles. The smallest absolute Gasteiger partial charge is 0.326 e. The van der Waals surface area contributed by atoms with Crippen molar-refractivity contribution in [3.63, 3.8) is 0 Å². The lowest BCUT2D eigenvalue weighted by atomic mass is 9.89. The van der Waals surface area contributed by atoms with Crippen molar-refractivity contribution in [1.82, 2.24) is 0 Å². The molecule has 0 aliphatic carbocycles. The molecule has 0 heterocycles. The van der Waals surface area contributed by atoms with Crippen molar-refractivity contribution in [3.05, 3.63) is 35.9 Å². The fourth-order valence-electron chi connectivity index (χ4n) is 1.71. The number of hydrogen-bond donors (Lipinski definition) is 1. The number of hydrogen-bond acceptors (Lipinski definition) is 4. The second kappa shape index (κ2) is 6.67. The summed E-state index contributed by atoms with van der Waals surface area (Å²) in [5, 5.41) is 0. The van der Waals surface area contributed by atoms with E-state index in [4.69, 9.17) is 10.5 Å². The number of thioether (sulfide) groups is 1. The molecule has 1 atom stereocenters. The summed E-state index contributed by atoms with van der Waals surface area (Å²) in [6.45, 7) is 0. The molecule has 0 amide bonds. The zero-order valence-corrected chi connectivity index (χ0v) is 11.1. The van der Waals surface area contributed by atoms with E-state index in [2.05, 4.69) is 0 Å². The van der Waals surface area contributed by atoms with Crippen LogP contribution in [0.1, 0.15) is 12.0 Å². The van der Waals surface area contributed by atoms with Crippen LogP contribution in [-0.4, -0.2) is 30.6 Å². The molecule has 0 fully saturated rings. The Bertz CT molecular complexity index is 356.